The van der Waals surface area contributed by atoms with E-state index in [9.17, 15) is 9.90 Å². The summed E-state index contributed by atoms with van der Waals surface area (Å²) in [7, 11) is 0. The van der Waals surface area contributed by atoms with E-state index in [4.69, 9.17) is 0 Å². The van der Waals surface area contributed by atoms with Crippen LogP contribution in [0.25, 0.3) is 10.8 Å². The normalized spacial score (nSPS) is 10.7. The van der Waals surface area contributed by atoms with Crippen molar-refractivity contribution in [2.24, 2.45) is 0 Å². The molecule has 6 heteroatoms. The Labute approximate surface area is 121 Å². The SMILES string of the molecule is CCn1cc(Nc2ncc(C(=O)O)c3ccccc23)cn1. The second-order valence-corrected chi connectivity index (χ2v) is 4.58. The van der Waals surface area contributed by atoms with Gasteiger partial charge in [0.2, 0.25) is 0 Å². The number of carboxylic acids is 1. The highest BCUT2D eigenvalue weighted by Crippen LogP contribution is 2.26. The van der Waals surface area contributed by atoms with E-state index in [0.29, 0.717) is 11.2 Å². The van der Waals surface area contributed by atoms with Crippen molar-refractivity contribution in [3.05, 3.63) is 48.4 Å². The zero-order chi connectivity index (χ0) is 14.8. The maximum absolute atomic E-state index is 11.3. The van der Waals surface area contributed by atoms with E-state index in [2.05, 4.69) is 15.4 Å². The van der Waals surface area contributed by atoms with Gasteiger partial charge in [0.1, 0.15) is 5.82 Å². The van der Waals surface area contributed by atoms with Crippen molar-refractivity contribution in [1.82, 2.24) is 14.8 Å². The number of aryl methyl sites for hydroxylation is 1. The number of carboxylic acid groups (broad SMARTS) is 1. The van der Waals surface area contributed by atoms with Crippen LogP contribution in [-0.4, -0.2) is 25.8 Å². The van der Waals surface area contributed by atoms with Crippen molar-refractivity contribution >= 4 is 28.2 Å². The van der Waals surface area contributed by atoms with Gasteiger partial charge >= 0.3 is 5.97 Å². The van der Waals surface area contributed by atoms with Crippen LogP contribution in [0.5, 0.6) is 0 Å². The molecule has 0 bridgehead atoms. The number of aromatic carboxylic acids is 1. The van der Waals surface area contributed by atoms with E-state index in [1.165, 1.54) is 6.20 Å². The molecule has 1 aromatic carbocycles. The molecule has 0 aliphatic rings. The summed E-state index contributed by atoms with van der Waals surface area (Å²) >= 11 is 0. The smallest absolute Gasteiger partial charge is 0.337 e. The summed E-state index contributed by atoms with van der Waals surface area (Å²) in [6.07, 6.45) is 4.96. The molecule has 3 aromatic rings. The van der Waals surface area contributed by atoms with Gasteiger partial charge in [0.15, 0.2) is 0 Å². The van der Waals surface area contributed by atoms with Gasteiger partial charge in [0.25, 0.3) is 0 Å². The van der Waals surface area contributed by atoms with Crippen LogP contribution in [0.15, 0.2) is 42.9 Å². The fraction of sp³-hybridized carbons (Fsp3) is 0.133. The Bertz CT molecular complexity index is 810. The van der Waals surface area contributed by atoms with E-state index in [0.717, 1.165) is 17.6 Å². The summed E-state index contributed by atoms with van der Waals surface area (Å²) in [6.45, 7) is 2.79. The van der Waals surface area contributed by atoms with Gasteiger partial charge in [-0.05, 0) is 6.92 Å². The lowest BCUT2D eigenvalue weighted by molar-refractivity contribution is 0.0698. The predicted octanol–water partition coefficient (Wildman–Crippen LogP) is 2.89. The summed E-state index contributed by atoms with van der Waals surface area (Å²) in [6, 6.07) is 7.30. The summed E-state index contributed by atoms with van der Waals surface area (Å²) in [5, 5.41) is 18.0. The Kier molecular flexibility index (Phi) is 3.27. The summed E-state index contributed by atoms with van der Waals surface area (Å²) in [5.74, 6) is -0.365. The Morgan fingerprint density at radius 3 is 2.71 bits per heavy atom. The molecule has 3 rings (SSSR count). The molecule has 2 heterocycles. The second kappa shape index (κ2) is 5.24. The lowest BCUT2D eigenvalue weighted by Crippen LogP contribution is -2.01. The van der Waals surface area contributed by atoms with E-state index in [-0.39, 0.29) is 5.56 Å². The molecule has 0 aliphatic carbocycles. The monoisotopic (exact) mass is 282 g/mol. The highest BCUT2D eigenvalue weighted by atomic mass is 16.4. The predicted molar refractivity (Wildman–Crippen MR) is 79.9 cm³/mol. The van der Waals surface area contributed by atoms with Gasteiger partial charge in [-0.15, -0.1) is 0 Å². The van der Waals surface area contributed by atoms with E-state index in [1.807, 2.05) is 31.3 Å². The number of aromatic nitrogens is 3. The molecule has 6 nitrogen and oxygen atoms in total. The van der Waals surface area contributed by atoms with Crippen molar-refractivity contribution in [3.63, 3.8) is 0 Å². The van der Waals surface area contributed by atoms with Crippen LogP contribution in [0, 0.1) is 0 Å². The zero-order valence-corrected chi connectivity index (χ0v) is 11.4. The highest BCUT2D eigenvalue weighted by molar-refractivity contribution is 6.06. The number of hydrogen-bond donors (Lipinski definition) is 2. The van der Waals surface area contributed by atoms with Crippen molar-refractivity contribution in [2.75, 3.05) is 5.32 Å². The van der Waals surface area contributed by atoms with Gasteiger partial charge in [-0.3, -0.25) is 4.68 Å². The van der Waals surface area contributed by atoms with Gasteiger partial charge in [-0.25, -0.2) is 9.78 Å². The first-order valence-corrected chi connectivity index (χ1v) is 6.59. The summed E-state index contributed by atoms with van der Waals surface area (Å²) < 4.78 is 1.80. The molecule has 0 fully saturated rings. The van der Waals surface area contributed by atoms with Crippen LogP contribution >= 0.6 is 0 Å². The van der Waals surface area contributed by atoms with Crippen LogP contribution in [0.1, 0.15) is 17.3 Å². The van der Waals surface area contributed by atoms with Crippen LogP contribution in [-0.2, 0) is 6.54 Å². The molecule has 2 aromatic heterocycles. The fourth-order valence-electron chi connectivity index (χ4n) is 2.20. The molecule has 2 N–H and O–H groups in total. The molecular formula is C15H14N4O2. The maximum atomic E-state index is 11.3. The number of hydrogen-bond acceptors (Lipinski definition) is 4. The Balaban J connectivity index is 2.07. The fourth-order valence-corrected chi connectivity index (χ4v) is 2.20. The van der Waals surface area contributed by atoms with E-state index < -0.39 is 5.97 Å². The third-order valence-electron chi connectivity index (χ3n) is 3.25. The lowest BCUT2D eigenvalue weighted by atomic mass is 10.1. The number of nitrogens with one attached hydrogen (secondary N) is 1. The minimum absolute atomic E-state index is 0.195. The van der Waals surface area contributed by atoms with Crippen LogP contribution in [0.2, 0.25) is 0 Å². The van der Waals surface area contributed by atoms with Crippen LogP contribution in [0.3, 0.4) is 0 Å². The minimum Gasteiger partial charge on any atom is -0.478 e. The Morgan fingerprint density at radius 1 is 1.29 bits per heavy atom. The molecule has 21 heavy (non-hydrogen) atoms. The number of pyridine rings is 1. The molecule has 0 unspecified atom stereocenters. The minimum atomic E-state index is -0.982. The van der Waals surface area contributed by atoms with E-state index in [1.54, 1.807) is 16.9 Å². The van der Waals surface area contributed by atoms with Gasteiger partial charge < -0.3 is 10.4 Å². The molecule has 0 saturated heterocycles. The van der Waals surface area contributed by atoms with Gasteiger partial charge in [0.05, 0.1) is 17.4 Å². The number of carbonyl (C=O) groups is 1. The average molecular weight is 282 g/mol. The third-order valence-corrected chi connectivity index (χ3v) is 3.25. The number of nitrogens with zero attached hydrogens (tertiary/aromatic N) is 3. The quantitative estimate of drug-likeness (QED) is 0.769. The van der Waals surface area contributed by atoms with Crippen LogP contribution < -0.4 is 5.32 Å². The average Bonchev–Trinajstić information content (AvgIpc) is 2.95. The van der Waals surface area contributed by atoms with Gasteiger partial charge in [-0.1, -0.05) is 24.3 Å². The van der Waals surface area contributed by atoms with Crippen molar-refractivity contribution in [2.45, 2.75) is 13.5 Å². The maximum Gasteiger partial charge on any atom is 0.337 e. The Morgan fingerprint density at radius 2 is 2.05 bits per heavy atom. The molecule has 0 atom stereocenters. The van der Waals surface area contributed by atoms with Crippen LogP contribution in [0.4, 0.5) is 11.5 Å². The molecule has 106 valence electrons. The molecule has 0 aliphatic heterocycles. The number of anilines is 2. The molecule has 0 radical (unpaired) electrons. The number of fused-ring (bicyclic) bond motifs is 1. The molecule has 0 saturated carbocycles. The lowest BCUT2D eigenvalue weighted by Gasteiger charge is -2.08. The zero-order valence-electron chi connectivity index (χ0n) is 11.4. The number of rotatable bonds is 4. The van der Waals surface area contributed by atoms with E-state index >= 15 is 0 Å². The van der Waals surface area contributed by atoms with Crippen molar-refractivity contribution in [3.8, 4) is 0 Å². The first-order valence-electron chi connectivity index (χ1n) is 6.59. The standard InChI is InChI=1S/C15H14N4O2/c1-2-19-9-10(7-17-19)18-14-12-6-4-3-5-11(12)13(8-16-14)15(20)21/h3-9H,2H2,1H3,(H,16,18)(H,20,21). The first-order chi connectivity index (χ1) is 10.2. The molecule has 0 spiro atoms. The van der Waals surface area contributed by atoms with Crippen molar-refractivity contribution < 1.29 is 9.90 Å². The summed E-state index contributed by atoms with van der Waals surface area (Å²) in [4.78, 5) is 15.5. The highest BCUT2D eigenvalue weighted by Gasteiger charge is 2.12. The largest absolute Gasteiger partial charge is 0.478 e. The second-order valence-electron chi connectivity index (χ2n) is 4.58. The number of benzene rings is 1. The summed E-state index contributed by atoms with van der Waals surface area (Å²) in [5.41, 5.74) is 1.01. The molecule has 0 amide bonds. The van der Waals surface area contributed by atoms with Crippen molar-refractivity contribution in [1.29, 1.82) is 0 Å². The first kappa shape index (κ1) is 13.1. The topological polar surface area (TPSA) is 80.0 Å². The Hall–Kier alpha value is -2.89. The molecular weight excluding hydrogens is 268 g/mol. The van der Waals surface area contributed by atoms with Gasteiger partial charge in [0, 0.05) is 29.7 Å². The van der Waals surface area contributed by atoms with Gasteiger partial charge in [-0.2, -0.15) is 5.10 Å². The third kappa shape index (κ3) is 2.43.